The molecule has 0 unspecified atom stereocenters. The number of para-hydroxylation sites is 2. The van der Waals surface area contributed by atoms with Crippen molar-refractivity contribution in [1.29, 1.82) is 0 Å². The minimum atomic E-state index is -0.0150. The van der Waals surface area contributed by atoms with Gasteiger partial charge in [0.2, 0.25) is 5.91 Å². The molecule has 29 heavy (non-hydrogen) atoms. The van der Waals surface area contributed by atoms with Gasteiger partial charge in [0.25, 0.3) is 0 Å². The van der Waals surface area contributed by atoms with Crippen LogP contribution in [0.1, 0.15) is 32.2 Å². The van der Waals surface area contributed by atoms with Crippen molar-refractivity contribution in [2.24, 2.45) is 0 Å². The Morgan fingerprint density at radius 1 is 1.03 bits per heavy atom. The summed E-state index contributed by atoms with van der Waals surface area (Å²) in [5.41, 5.74) is 3.02. The minimum Gasteiger partial charge on any atom is -0.490 e. The monoisotopic (exact) mass is 395 g/mol. The lowest BCUT2D eigenvalue weighted by molar-refractivity contribution is -0.121. The van der Waals surface area contributed by atoms with E-state index >= 15 is 0 Å². The van der Waals surface area contributed by atoms with Gasteiger partial charge in [0, 0.05) is 13.0 Å². The molecular formula is C23H29N3O3. The Hall–Kier alpha value is -3.02. The van der Waals surface area contributed by atoms with Crippen LogP contribution in [-0.4, -0.2) is 35.2 Å². The van der Waals surface area contributed by atoms with Gasteiger partial charge in [-0.2, -0.15) is 0 Å². The van der Waals surface area contributed by atoms with Crippen molar-refractivity contribution >= 4 is 16.9 Å². The maximum atomic E-state index is 12.5. The number of nitrogens with one attached hydrogen (secondary N) is 1. The number of hydrogen-bond acceptors (Lipinski definition) is 4. The lowest BCUT2D eigenvalue weighted by Crippen LogP contribution is -2.29. The van der Waals surface area contributed by atoms with Gasteiger partial charge in [-0.1, -0.05) is 25.1 Å². The van der Waals surface area contributed by atoms with E-state index in [1.54, 1.807) is 0 Å². The van der Waals surface area contributed by atoms with Crippen molar-refractivity contribution in [3.8, 4) is 11.5 Å². The predicted octanol–water partition coefficient (Wildman–Crippen LogP) is 3.76. The van der Waals surface area contributed by atoms with Gasteiger partial charge >= 0.3 is 0 Å². The maximum absolute atomic E-state index is 12.5. The van der Waals surface area contributed by atoms with E-state index in [-0.39, 0.29) is 12.5 Å². The highest BCUT2D eigenvalue weighted by atomic mass is 16.5. The molecule has 0 radical (unpaired) electrons. The quantitative estimate of drug-likeness (QED) is 0.568. The van der Waals surface area contributed by atoms with Gasteiger partial charge in [0.1, 0.15) is 12.4 Å². The van der Waals surface area contributed by atoms with Crippen LogP contribution in [0.25, 0.3) is 11.0 Å². The molecule has 0 bridgehead atoms. The predicted molar refractivity (Wildman–Crippen MR) is 115 cm³/mol. The van der Waals surface area contributed by atoms with Crippen molar-refractivity contribution in [1.82, 2.24) is 14.9 Å². The molecule has 1 heterocycles. The summed E-state index contributed by atoms with van der Waals surface area (Å²) in [6, 6.07) is 13.8. The Morgan fingerprint density at radius 3 is 2.55 bits per heavy atom. The van der Waals surface area contributed by atoms with E-state index in [4.69, 9.17) is 9.47 Å². The number of fused-ring (bicyclic) bond motifs is 1. The Morgan fingerprint density at radius 2 is 1.79 bits per heavy atom. The maximum Gasteiger partial charge on any atom is 0.240 e. The molecule has 0 saturated heterocycles. The summed E-state index contributed by atoms with van der Waals surface area (Å²) in [6.45, 7) is 7.97. The standard InChI is InChI=1S/C23H29N3O3/c1-4-22-25-18-9-7-8-10-19(18)26(22)16-23(27)24-14-13-17-11-12-20(28-5-2)21(15-17)29-6-3/h7-12,15H,4-6,13-14,16H2,1-3H3,(H,24,27). The summed E-state index contributed by atoms with van der Waals surface area (Å²) >= 11 is 0. The van der Waals surface area contributed by atoms with Gasteiger partial charge < -0.3 is 19.4 Å². The number of amides is 1. The van der Waals surface area contributed by atoms with Crippen molar-refractivity contribution in [2.45, 2.75) is 40.2 Å². The summed E-state index contributed by atoms with van der Waals surface area (Å²) < 4.78 is 13.3. The number of hydrogen-bond donors (Lipinski definition) is 1. The summed E-state index contributed by atoms with van der Waals surface area (Å²) in [7, 11) is 0. The number of carbonyl (C=O) groups excluding carboxylic acids is 1. The Bertz CT molecular complexity index is 965. The Labute approximate surface area is 171 Å². The van der Waals surface area contributed by atoms with E-state index in [0.717, 1.165) is 46.8 Å². The molecule has 6 nitrogen and oxygen atoms in total. The Kier molecular flexibility index (Phi) is 7.11. The van der Waals surface area contributed by atoms with Crippen LogP contribution in [0.5, 0.6) is 11.5 Å². The third-order valence-corrected chi connectivity index (χ3v) is 4.70. The zero-order valence-corrected chi connectivity index (χ0v) is 17.4. The minimum absolute atomic E-state index is 0.0150. The first-order valence-electron chi connectivity index (χ1n) is 10.3. The van der Waals surface area contributed by atoms with E-state index in [2.05, 4.69) is 17.2 Å². The molecule has 3 aromatic rings. The zero-order valence-electron chi connectivity index (χ0n) is 17.4. The van der Waals surface area contributed by atoms with Crippen LogP contribution in [0.3, 0.4) is 0 Å². The second-order valence-electron chi connectivity index (χ2n) is 6.70. The summed E-state index contributed by atoms with van der Waals surface area (Å²) in [6.07, 6.45) is 1.51. The molecule has 0 fully saturated rings. The number of benzene rings is 2. The number of rotatable bonds is 10. The molecule has 0 aliphatic heterocycles. The average Bonchev–Trinajstić information content (AvgIpc) is 3.08. The van der Waals surface area contributed by atoms with Crippen LogP contribution in [0.15, 0.2) is 42.5 Å². The van der Waals surface area contributed by atoms with Gasteiger partial charge in [-0.25, -0.2) is 4.98 Å². The largest absolute Gasteiger partial charge is 0.490 e. The number of ether oxygens (including phenoxy) is 2. The molecule has 0 spiro atoms. The summed E-state index contributed by atoms with van der Waals surface area (Å²) in [5.74, 6) is 2.41. The molecule has 1 N–H and O–H groups in total. The zero-order chi connectivity index (χ0) is 20.6. The smallest absolute Gasteiger partial charge is 0.240 e. The number of aromatic nitrogens is 2. The fourth-order valence-electron chi connectivity index (χ4n) is 3.37. The van der Waals surface area contributed by atoms with Crippen molar-refractivity contribution in [3.05, 3.63) is 53.9 Å². The van der Waals surface area contributed by atoms with Crippen molar-refractivity contribution in [2.75, 3.05) is 19.8 Å². The highest BCUT2D eigenvalue weighted by Crippen LogP contribution is 2.28. The van der Waals surface area contributed by atoms with Gasteiger partial charge in [0.15, 0.2) is 11.5 Å². The normalized spacial score (nSPS) is 10.9. The second kappa shape index (κ2) is 9.96. The number of carbonyl (C=O) groups is 1. The fourth-order valence-corrected chi connectivity index (χ4v) is 3.37. The molecule has 3 rings (SSSR count). The van der Waals surface area contributed by atoms with E-state index in [0.29, 0.717) is 19.8 Å². The third kappa shape index (κ3) is 5.08. The topological polar surface area (TPSA) is 65.4 Å². The first-order valence-corrected chi connectivity index (χ1v) is 10.3. The van der Waals surface area contributed by atoms with Gasteiger partial charge in [-0.3, -0.25) is 4.79 Å². The van der Waals surface area contributed by atoms with Crippen molar-refractivity contribution in [3.63, 3.8) is 0 Å². The Balaban J connectivity index is 1.60. The summed E-state index contributed by atoms with van der Waals surface area (Å²) in [5, 5.41) is 3.02. The highest BCUT2D eigenvalue weighted by Gasteiger charge is 2.12. The lowest BCUT2D eigenvalue weighted by Gasteiger charge is -2.13. The van der Waals surface area contributed by atoms with Gasteiger partial charge in [0.05, 0.1) is 24.2 Å². The first-order chi connectivity index (χ1) is 14.2. The van der Waals surface area contributed by atoms with E-state index in [1.165, 1.54) is 0 Å². The first kappa shape index (κ1) is 20.7. The molecule has 6 heteroatoms. The van der Waals surface area contributed by atoms with Crippen molar-refractivity contribution < 1.29 is 14.3 Å². The molecule has 0 atom stereocenters. The number of imidazole rings is 1. The fraction of sp³-hybridized carbons (Fsp3) is 0.391. The van der Waals surface area contributed by atoms with E-state index < -0.39 is 0 Å². The second-order valence-corrected chi connectivity index (χ2v) is 6.70. The number of aryl methyl sites for hydroxylation is 1. The molecule has 0 saturated carbocycles. The highest BCUT2D eigenvalue weighted by molar-refractivity contribution is 5.81. The molecular weight excluding hydrogens is 366 g/mol. The van der Waals surface area contributed by atoms with E-state index in [1.807, 2.05) is 60.9 Å². The third-order valence-electron chi connectivity index (χ3n) is 4.70. The van der Waals surface area contributed by atoms with Crippen LogP contribution in [-0.2, 0) is 24.2 Å². The van der Waals surface area contributed by atoms with Crippen LogP contribution < -0.4 is 14.8 Å². The van der Waals surface area contributed by atoms with Crippen LogP contribution in [0.4, 0.5) is 0 Å². The van der Waals surface area contributed by atoms with Crippen LogP contribution >= 0.6 is 0 Å². The lowest BCUT2D eigenvalue weighted by atomic mass is 10.1. The SMILES string of the molecule is CCOc1ccc(CCNC(=O)Cn2c(CC)nc3ccccc32)cc1OCC. The summed E-state index contributed by atoms with van der Waals surface area (Å²) in [4.78, 5) is 17.1. The van der Waals surface area contributed by atoms with Crippen LogP contribution in [0.2, 0.25) is 0 Å². The van der Waals surface area contributed by atoms with Crippen LogP contribution in [0, 0.1) is 0 Å². The molecule has 154 valence electrons. The molecule has 1 aromatic heterocycles. The molecule has 1 amide bonds. The molecule has 0 aliphatic carbocycles. The van der Waals surface area contributed by atoms with Gasteiger partial charge in [-0.05, 0) is 50.1 Å². The number of nitrogens with zero attached hydrogens (tertiary/aromatic N) is 2. The average molecular weight is 396 g/mol. The van der Waals surface area contributed by atoms with E-state index in [9.17, 15) is 4.79 Å². The molecule has 2 aromatic carbocycles. The van der Waals surface area contributed by atoms with Gasteiger partial charge in [-0.15, -0.1) is 0 Å². The molecule has 0 aliphatic rings.